The quantitative estimate of drug-likeness (QED) is 0.889. The fourth-order valence-corrected chi connectivity index (χ4v) is 3.65. The van der Waals surface area contributed by atoms with E-state index in [1.54, 1.807) is 30.0 Å². The molecule has 2 aromatic carbocycles. The monoisotopic (exact) mass is 350 g/mol. The SMILES string of the molecule is NC(=O)C(C1=Nc2ccccc2SC1)c1ccc(Cl)c(Cl)c1. The number of carbonyl (C=O) groups is 1. The molecule has 2 N–H and O–H groups in total. The number of amides is 1. The maximum absolute atomic E-state index is 12.0. The molecule has 1 unspecified atom stereocenters. The van der Waals surface area contributed by atoms with Crippen LogP contribution in [0.4, 0.5) is 5.69 Å². The fraction of sp³-hybridized carbons (Fsp3) is 0.125. The summed E-state index contributed by atoms with van der Waals surface area (Å²) in [4.78, 5) is 17.7. The second kappa shape index (κ2) is 6.32. The third-order valence-electron chi connectivity index (χ3n) is 3.40. The lowest BCUT2D eigenvalue weighted by Crippen LogP contribution is -2.30. The van der Waals surface area contributed by atoms with Crippen LogP contribution in [0.5, 0.6) is 0 Å². The Balaban J connectivity index is 2.04. The minimum Gasteiger partial charge on any atom is -0.369 e. The van der Waals surface area contributed by atoms with E-state index in [-0.39, 0.29) is 0 Å². The number of rotatable bonds is 3. The number of para-hydroxylation sites is 1. The van der Waals surface area contributed by atoms with Crippen LogP contribution in [0.1, 0.15) is 11.5 Å². The van der Waals surface area contributed by atoms with Gasteiger partial charge in [-0.05, 0) is 29.8 Å². The Morgan fingerprint density at radius 2 is 1.95 bits per heavy atom. The summed E-state index contributed by atoms with van der Waals surface area (Å²) in [6.07, 6.45) is 0. The summed E-state index contributed by atoms with van der Waals surface area (Å²) in [5, 5.41) is 0.841. The maximum Gasteiger partial charge on any atom is 0.230 e. The topological polar surface area (TPSA) is 55.5 Å². The molecule has 0 aliphatic carbocycles. The van der Waals surface area contributed by atoms with Crippen molar-refractivity contribution < 1.29 is 4.79 Å². The van der Waals surface area contributed by atoms with Crippen molar-refractivity contribution in [3.63, 3.8) is 0 Å². The molecule has 1 aliphatic rings. The van der Waals surface area contributed by atoms with Gasteiger partial charge in [0.2, 0.25) is 5.91 Å². The first-order valence-corrected chi connectivity index (χ1v) is 8.34. The van der Waals surface area contributed by atoms with Gasteiger partial charge in [0.15, 0.2) is 0 Å². The first-order valence-electron chi connectivity index (χ1n) is 6.60. The summed E-state index contributed by atoms with van der Waals surface area (Å²) in [6.45, 7) is 0. The number of primary amides is 1. The first-order chi connectivity index (χ1) is 10.6. The van der Waals surface area contributed by atoms with Crippen LogP contribution in [-0.2, 0) is 4.79 Å². The molecule has 0 aromatic heterocycles. The maximum atomic E-state index is 12.0. The Kier molecular flexibility index (Phi) is 4.43. The molecule has 1 atom stereocenters. The highest BCUT2D eigenvalue weighted by molar-refractivity contribution is 8.00. The molecule has 3 rings (SSSR count). The number of hydrogen-bond acceptors (Lipinski definition) is 3. The van der Waals surface area contributed by atoms with Crippen LogP contribution in [0.2, 0.25) is 10.0 Å². The van der Waals surface area contributed by atoms with Crippen LogP contribution in [0.3, 0.4) is 0 Å². The Morgan fingerprint density at radius 3 is 2.68 bits per heavy atom. The average Bonchev–Trinajstić information content (AvgIpc) is 2.50. The Bertz CT molecular complexity index is 776. The van der Waals surface area contributed by atoms with Crippen molar-refractivity contribution in [1.29, 1.82) is 0 Å². The minimum atomic E-state index is -0.601. The van der Waals surface area contributed by atoms with Crippen molar-refractivity contribution in [2.75, 3.05) is 5.75 Å². The van der Waals surface area contributed by atoms with Crippen molar-refractivity contribution >= 4 is 52.3 Å². The summed E-state index contributed by atoms with van der Waals surface area (Å²) in [5.41, 5.74) is 7.90. The summed E-state index contributed by atoms with van der Waals surface area (Å²) in [6, 6.07) is 12.9. The van der Waals surface area contributed by atoms with Crippen LogP contribution in [0.15, 0.2) is 52.4 Å². The van der Waals surface area contributed by atoms with Gasteiger partial charge >= 0.3 is 0 Å². The van der Waals surface area contributed by atoms with Gasteiger partial charge in [-0.3, -0.25) is 9.79 Å². The number of benzene rings is 2. The zero-order valence-electron chi connectivity index (χ0n) is 11.4. The van der Waals surface area contributed by atoms with Crippen molar-refractivity contribution in [3.8, 4) is 0 Å². The van der Waals surface area contributed by atoms with Gasteiger partial charge in [0.05, 0.1) is 15.7 Å². The van der Waals surface area contributed by atoms with Gasteiger partial charge in [0.25, 0.3) is 0 Å². The van der Waals surface area contributed by atoms with E-state index in [0.717, 1.165) is 16.3 Å². The van der Waals surface area contributed by atoms with Gasteiger partial charge < -0.3 is 5.73 Å². The van der Waals surface area contributed by atoms with Crippen LogP contribution in [0, 0.1) is 0 Å². The zero-order chi connectivity index (χ0) is 15.7. The summed E-state index contributed by atoms with van der Waals surface area (Å²) < 4.78 is 0. The molecule has 0 radical (unpaired) electrons. The number of fused-ring (bicyclic) bond motifs is 1. The summed E-state index contributed by atoms with van der Waals surface area (Å²) >= 11 is 13.6. The normalized spacial score (nSPS) is 14.9. The highest BCUT2D eigenvalue weighted by Crippen LogP contribution is 2.37. The van der Waals surface area contributed by atoms with Gasteiger partial charge in [-0.1, -0.05) is 41.4 Å². The van der Waals surface area contributed by atoms with Gasteiger partial charge in [0.1, 0.15) is 5.92 Å². The molecule has 22 heavy (non-hydrogen) atoms. The second-order valence-electron chi connectivity index (χ2n) is 4.87. The van der Waals surface area contributed by atoms with Crippen LogP contribution >= 0.6 is 35.0 Å². The number of hydrogen-bond donors (Lipinski definition) is 1. The lowest BCUT2D eigenvalue weighted by molar-refractivity contribution is -0.118. The van der Waals surface area contributed by atoms with Gasteiger partial charge in [-0.2, -0.15) is 0 Å². The molecular weight excluding hydrogens is 339 g/mol. The number of nitrogens with zero attached hydrogens (tertiary/aromatic N) is 1. The van der Waals surface area contributed by atoms with E-state index in [1.165, 1.54) is 0 Å². The van der Waals surface area contributed by atoms with E-state index < -0.39 is 11.8 Å². The second-order valence-corrected chi connectivity index (χ2v) is 6.70. The van der Waals surface area contributed by atoms with E-state index in [4.69, 9.17) is 28.9 Å². The first kappa shape index (κ1) is 15.4. The third-order valence-corrected chi connectivity index (χ3v) is 5.23. The predicted molar refractivity (Wildman–Crippen MR) is 92.7 cm³/mol. The Hall–Kier alpha value is -1.49. The molecule has 2 aromatic rings. The number of carbonyl (C=O) groups excluding carboxylic acids is 1. The molecule has 0 saturated carbocycles. The van der Waals surface area contributed by atoms with Gasteiger partial charge in [-0.25, -0.2) is 0 Å². The standard InChI is InChI=1S/C16H12Cl2N2OS/c17-10-6-5-9(7-11(10)18)15(16(19)21)13-8-22-14-4-2-1-3-12(14)20-13/h1-7,15H,8H2,(H2,19,21). The molecule has 1 heterocycles. The molecule has 1 aliphatic heterocycles. The third kappa shape index (κ3) is 3.00. The highest BCUT2D eigenvalue weighted by Gasteiger charge is 2.27. The van der Waals surface area contributed by atoms with Crippen LogP contribution < -0.4 is 5.73 Å². The van der Waals surface area contributed by atoms with Gasteiger partial charge in [-0.15, -0.1) is 11.8 Å². The zero-order valence-corrected chi connectivity index (χ0v) is 13.8. The lowest BCUT2D eigenvalue weighted by Gasteiger charge is -2.21. The van der Waals surface area contributed by atoms with E-state index in [9.17, 15) is 4.79 Å². The largest absolute Gasteiger partial charge is 0.369 e. The van der Waals surface area contributed by atoms with Gasteiger partial charge in [0, 0.05) is 16.4 Å². The van der Waals surface area contributed by atoms with E-state index in [1.807, 2.05) is 24.3 Å². The number of nitrogens with two attached hydrogens (primary N) is 1. The smallest absolute Gasteiger partial charge is 0.230 e. The van der Waals surface area contributed by atoms with E-state index >= 15 is 0 Å². The Morgan fingerprint density at radius 1 is 1.18 bits per heavy atom. The number of aliphatic imine (C=N–C) groups is 1. The van der Waals surface area contributed by atoms with Crippen LogP contribution in [-0.4, -0.2) is 17.4 Å². The average molecular weight is 351 g/mol. The number of thioether (sulfide) groups is 1. The molecular formula is C16H12Cl2N2OS. The lowest BCUT2D eigenvalue weighted by atomic mass is 9.94. The summed E-state index contributed by atoms with van der Waals surface area (Å²) in [5.74, 6) is -0.432. The highest BCUT2D eigenvalue weighted by atomic mass is 35.5. The van der Waals surface area contributed by atoms with Crippen molar-refractivity contribution in [2.45, 2.75) is 10.8 Å². The molecule has 0 bridgehead atoms. The predicted octanol–water partition coefficient (Wildman–Crippen LogP) is 4.44. The molecule has 3 nitrogen and oxygen atoms in total. The van der Waals surface area contributed by atoms with E-state index in [0.29, 0.717) is 21.4 Å². The van der Waals surface area contributed by atoms with Crippen molar-refractivity contribution in [2.24, 2.45) is 10.7 Å². The number of halogens is 2. The molecule has 6 heteroatoms. The van der Waals surface area contributed by atoms with Crippen LogP contribution in [0.25, 0.3) is 0 Å². The van der Waals surface area contributed by atoms with E-state index in [2.05, 4.69) is 4.99 Å². The van der Waals surface area contributed by atoms with Crippen molar-refractivity contribution in [1.82, 2.24) is 0 Å². The molecule has 0 spiro atoms. The fourth-order valence-electron chi connectivity index (χ4n) is 2.37. The molecule has 1 amide bonds. The molecule has 0 fully saturated rings. The molecule has 0 saturated heterocycles. The summed E-state index contributed by atoms with van der Waals surface area (Å²) in [7, 11) is 0. The van der Waals surface area contributed by atoms with Crippen molar-refractivity contribution in [3.05, 3.63) is 58.1 Å². The Labute approximate surface area is 142 Å². The minimum absolute atomic E-state index is 0.398. The molecule has 112 valence electrons.